The smallest absolute Gasteiger partial charge is 0.341 e. The molecule has 2 N–H and O–H groups in total. The van der Waals surface area contributed by atoms with E-state index >= 15 is 0 Å². The zero-order valence-corrected chi connectivity index (χ0v) is 15.9. The summed E-state index contributed by atoms with van der Waals surface area (Å²) < 4.78 is 5.23. The Morgan fingerprint density at radius 2 is 1.88 bits per heavy atom. The molecule has 2 rings (SSSR count). The Balaban J connectivity index is 2.57. The van der Waals surface area contributed by atoms with Crippen LogP contribution >= 0.6 is 11.3 Å². The van der Waals surface area contributed by atoms with Crippen molar-refractivity contribution in [1.29, 1.82) is 0 Å². The number of benzene rings is 1. The molecule has 0 radical (unpaired) electrons. The average molecular weight is 346 g/mol. The number of anilines is 1. The lowest BCUT2D eigenvalue weighted by Crippen LogP contribution is -2.11. The summed E-state index contributed by atoms with van der Waals surface area (Å²) in [6.45, 7) is 7.20. The van der Waals surface area contributed by atoms with Gasteiger partial charge in [0, 0.05) is 17.0 Å². The molecule has 5 heteroatoms. The summed E-state index contributed by atoms with van der Waals surface area (Å²) in [5, 5.41) is 0.522. The van der Waals surface area contributed by atoms with Crippen LogP contribution in [-0.4, -0.2) is 31.6 Å². The first-order valence-electron chi connectivity index (χ1n) is 8.18. The molecule has 0 aliphatic heterocycles. The standard InChI is InChI=1S/C19H26N2O2S/c1-6-23-19(22)17-16(15(11-21(4)5)24-18(17)20)14-9-7-13(8-10-14)12(2)3/h7-10,12H,6,11,20H2,1-5H3. The molecule has 130 valence electrons. The summed E-state index contributed by atoms with van der Waals surface area (Å²) in [5.41, 5.74) is 9.84. The van der Waals surface area contributed by atoms with Crippen LogP contribution in [0, 0.1) is 0 Å². The number of nitrogens with two attached hydrogens (primary N) is 1. The first-order valence-corrected chi connectivity index (χ1v) is 9.00. The van der Waals surface area contributed by atoms with Gasteiger partial charge in [-0.25, -0.2) is 4.79 Å². The molecule has 4 nitrogen and oxygen atoms in total. The minimum atomic E-state index is -0.348. The fraction of sp³-hybridized carbons (Fsp3) is 0.421. The van der Waals surface area contributed by atoms with E-state index in [1.807, 2.05) is 14.1 Å². The van der Waals surface area contributed by atoms with Gasteiger partial charge in [-0.2, -0.15) is 0 Å². The van der Waals surface area contributed by atoms with E-state index in [9.17, 15) is 4.79 Å². The molecule has 2 aromatic rings. The van der Waals surface area contributed by atoms with Gasteiger partial charge in [-0.3, -0.25) is 0 Å². The van der Waals surface area contributed by atoms with Gasteiger partial charge >= 0.3 is 5.97 Å². The van der Waals surface area contributed by atoms with Gasteiger partial charge in [-0.05, 0) is 38.1 Å². The highest BCUT2D eigenvalue weighted by Gasteiger charge is 2.24. The van der Waals surface area contributed by atoms with Crippen molar-refractivity contribution in [3.8, 4) is 11.1 Å². The SMILES string of the molecule is CCOC(=O)c1c(N)sc(CN(C)C)c1-c1ccc(C(C)C)cc1. The van der Waals surface area contributed by atoms with Gasteiger partial charge in [-0.15, -0.1) is 11.3 Å². The largest absolute Gasteiger partial charge is 0.462 e. The molecular weight excluding hydrogens is 320 g/mol. The fourth-order valence-corrected chi connectivity index (χ4v) is 3.84. The molecule has 1 aromatic carbocycles. The quantitative estimate of drug-likeness (QED) is 0.790. The Labute approximate surface area is 148 Å². The van der Waals surface area contributed by atoms with Crippen molar-refractivity contribution >= 4 is 22.3 Å². The Kier molecular flexibility index (Phi) is 6.02. The lowest BCUT2D eigenvalue weighted by atomic mass is 9.96. The molecule has 1 heterocycles. The van der Waals surface area contributed by atoms with E-state index in [-0.39, 0.29) is 5.97 Å². The van der Waals surface area contributed by atoms with Gasteiger partial charge in [0.15, 0.2) is 0 Å². The lowest BCUT2D eigenvalue weighted by Gasteiger charge is -2.13. The number of carbonyl (C=O) groups excluding carboxylic acids is 1. The molecule has 0 fully saturated rings. The Morgan fingerprint density at radius 3 is 2.38 bits per heavy atom. The van der Waals surface area contributed by atoms with E-state index in [4.69, 9.17) is 10.5 Å². The zero-order valence-electron chi connectivity index (χ0n) is 15.1. The third-order valence-electron chi connectivity index (χ3n) is 3.81. The van der Waals surface area contributed by atoms with E-state index in [0.29, 0.717) is 23.1 Å². The third-order valence-corrected chi connectivity index (χ3v) is 4.82. The van der Waals surface area contributed by atoms with E-state index in [1.54, 1.807) is 6.92 Å². The Bertz CT molecular complexity index is 703. The highest BCUT2D eigenvalue weighted by Crippen LogP contribution is 2.40. The van der Waals surface area contributed by atoms with Crippen molar-refractivity contribution in [1.82, 2.24) is 4.90 Å². The number of nitrogen functional groups attached to an aromatic ring is 1. The summed E-state index contributed by atoms with van der Waals surface area (Å²) in [5.74, 6) is 0.122. The molecule has 0 aliphatic rings. The maximum absolute atomic E-state index is 12.4. The van der Waals surface area contributed by atoms with Crippen LogP contribution in [0.4, 0.5) is 5.00 Å². The molecule has 0 atom stereocenters. The van der Waals surface area contributed by atoms with E-state index in [0.717, 1.165) is 22.5 Å². The number of nitrogens with zero attached hydrogens (tertiary/aromatic N) is 1. The second kappa shape index (κ2) is 7.81. The zero-order chi connectivity index (χ0) is 17.9. The fourth-order valence-electron chi connectivity index (χ4n) is 2.64. The summed E-state index contributed by atoms with van der Waals surface area (Å²) in [6, 6.07) is 8.36. The van der Waals surface area contributed by atoms with E-state index < -0.39 is 0 Å². The van der Waals surface area contributed by atoms with E-state index in [2.05, 4.69) is 43.0 Å². The maximum Gasteiger partial charge on any atom is 0.341 e. The highest BCUT2D eigenvalue weighted by molar-refractivity contribution is 7.17. The average Bonchev–Trinajstić information content (AvgIpc) is 2.83. The minimum absolute atomic E-state index is 0.336. The van der Waals surface area contributed by atoms with Gasteiger partial charge in [0.1, 0.15) is 10.6 Å². The van der Waals surface area contributed by atoms with Gasteiger partial charge in [0.25, 0.3) is 0 Å². The van der Waals surface area contributed by atoms with Gasteiger partial charge in [0.05, 0.1) is 6.61 Å². The highest BCUT2D eigenvalue weighted by atomic mass is 32.1. The Morgan fingerprint density at radius 1 is 1.25 bits per heavy atom. The topological polar surface area (TPSA) is 55.6 Å². The predicted octanol–water partition coefficient (Wildman–Crippen LogP) is 4.36. The second-order valence-electron chi connectivity index (χ2n) is 6.37. The van der Waals surface area contributed by atoms with Crippen LogP contribution in [0.15, 0.2) is 24.3 Å². The predicted molar refractivity (Wildman–Crippen MR) is 102 cm³/mol. The molecule has 0 bridgehead atoms. The van der Waals surface area contributed by atoms with Crippen molar-refractivity contribution in [3.05, 3.63) is 40.3 Å². The number of rotatable bonds is 6. The van der Waals surface area contributed by atoms with Gasteiger partial charge < -0.3 is 15.4 Å². The molecule has 1 aromatic heterocycles. The van der Waals surface area contributed by atoms with Crippen molar-refractivity contribution in [3.63, 3.8) is 0 Å². The summed E-state index contributed by atoms with van der Waals surface area (Å²) in [6.07, 6.45) is 0. The number of thiophene rings is 1. The monoisotopic (exact) mass is 346 g/mol. The van der Waals surface area contributed by atoms with Crippen LogP contribution in [0.5, 0.6) is 0 Å². The number of carbonyl (C=O) groups is 1. The van der Waals surface area contributed by atoms with Crippen LogP contribution in [0.25, 0.3) is 11.1 Å². The van der Waals surface area contributed by atoms with Crippen molar-refractivity contribution < 1.29 is 9.53 Å². The molecule has 0 amide bonds. The van der Waals surface area contributed by atoms with Crippen molar-refractivity contribution in [2.75, 3.05) is 26.4 Å². The molecule has 0 unspecified atom stereocenters. The van der Waals surface area contributed by atoms with Crippen LogP contribution in [0.2, 0.25) is 0 Å². The normalized spacial score (nSPS) is 11.3. The first-order chi connectivity index (χ1) is 11.3. The number of hydrogen-bond donors (Lipinski definition) is 1. The van der Waals surface area contributed by atoms with E-state index in [1.165, 1.54) is 16.9 Å². The van der Waals surface area contributed by atoms with Crippen LogP contribution in [0.1, 0.15) is 47.5 Å². The number of hydrogen-bond acceptors (Lipinski definition) is 5. The van der Waals surface area contributed by atoms with Crippen molar-refractivity contribution in [2.45, 2.75) is 33.2 Å². The van der Waals surface area contributed by atoms with Crippen LogP contribution in [-0.2, 0) is 11.3 Å². The first kappa shape index (κ1) is 18.5. The minimum Gasteiger partial charge on any atom is -0.462 e. The summed E-state index contributed by atoms with van der Waals surface area (Å²) in [4.78, 5) is 15.6. The van der Waals surface area contributed by atoms with Crippen LogP contribution in [0.3, 0.4) is 0 Å². The molecule has 24 heavy (non-hydrogen) atoms. The van der Waals surface area contributed by atoms with Gasteiger partial charge in [0.2, 0.25) is 0 Å². The van der Waals surface area contributed by atoms with Crippen LogP contribution < -0.4 is 5.73 Å². The molecular formula is C19H26N2O2S. The maximum atomic E-state index is 12.4. The summed E-state index contributed by atoms with van der Waals surface area (Å²) in [7, 11) is 4.01. The Hall–Kier alpha value is -1.85. The third kappa shape index (κ3) is 3.97. The molecule has 0 aliphatic carbocycles. The second-order valence-corrected chi connectivity index (χ2v) is 7.51. The molecule has 0 saturated heterocycles. The lowest BCUT2D eigenvalue weighted by molar-refractivity contribution is 0.0529. The molecule has 0 spiro atoms. The molecule has 0 saturated carbocycles. The van der Waals surface area contributed by atoms with Gasteiger partial charge in [-0.1, -0.05) is 38.1 Å². The number of esters is 1. The summed E-state index contributed by atoms with van der Waals surface area (Å²) >= 11 is 1.46. The van der Waals surface area contributed by atoms with Crippen molar-refractivity contribution in [2.24, 2.45) is 0 Å². The number of ether oxygens (including phenoxy) is 1.